The maximum Gasteiger partial charge on any atom is 0.123 e. The summed E-state index contributed by atoms with van der Waals surface area (Å²) in [7, 11) is 1.70. The number of nitrogens with one attached hydrogen (secondary N) is 1. The number of fused-ring (bicyclic) bond motifs is 1. The summed E-state index contributed by atoms with van der Waals surface area (Å²) >= 11 is 6.18. The topological polar surface area (TPSA) is 39.1 Å². The number of rotatable bonds is 8. The highest BCUT2D eigenvalue weighted by molar-refractivity contribution is 6.31. The summed E-state index contributed by atoms with van der Waals surface area (Å²) < 4.78 is 7.69. The number of aromatic nitrogens is 2. The van der Waals surface area contributed by atoms with Gasteiger partial charge in [0.05, 0.1) is 24.7 Å². The summed E-state index contributed by atoms with van der Waals surface area (Å²) in [5.41, 5.74) is 3.24. The van der Waals surface area contributed by atoms with Crippen LogP contribution in [0, 0.1) is 0 Å². The molecule has 0 fully saturated rings. The fraction of sp³-hybridized carbons (Fsp3) is 0.350. The minimum Gasteiger partial charge on any atom is -0.496 e. The average Bonchev–Trinajstić information content (AvgIpc) is 2.97. The van der Waals surface area contributed by atoms with Crippen LogP contribution in [0.15, 0.2) is 42.5 Å². The average molecular weight is 358 g/mol. The Bertz CT molecular complexity index is 844. The van der Waals surface area contributed by atoms with Crippen LogP contribution in [0.5, 0.6) is 5.75 Å². The zero-order chi connectivity index (χ0) is 17.6. The number of nitrogens with zero attached hydrogens (tertiary/aromatic N) is 2. The first-order valence-corrected chi connectivity index (χ1v) is 9.08. The van der Waals surface area contributed by atoms with Gasteiger partial charge in [0.1, 0.15) is 11.6 Å². The predicted octanol–water partition coefficient (Wildman–Crippen LogP) is 4.79. The second-order valence-electron chi connectivity index (χ2n) is 6.08. The molecule has 0 aliphatic carbocycles. The van der Waals surface area contributed by atoms with Crippen molar-refractivity contribution in [3.05, 3.63) is 58.9 Å². The highest BCUT2D eigenvalue weighted by Gasteiger charge is 2.11. The molecule has 1 aromatic heterocycles. The summed E-state index contributed by atoms with van der Waals surface area (Å²) in [5, 5.41) is 4.24. The predicted molar refractivity (Wildman–Crippen MR) is 103 cm³/mol. The normalized spacial score (nSPS) is 11.2. The SMILES string of the molecule is CCCCn1c(CNCc2ccccc2OC)nc2ccc(Cl)cc21. The molecule has 4 nitrogen and oxygen atoms in total. The van der Waals surface area contributed by atoms with Crippen molar-refractivity contribution in [3.63, 3.8) is 0 Å². The van der Waals surface area contributed by atoms with Gasteiger partial charge in [-0.05, 0) is 30.7 Å². The van der Waals surface area contributed by atoms with Crippen molar-refractivity contribution < 1.29 is 4.74 Å². The molecule has 25 heavy (non-hydrogen) atoms. The fourth-order valence-electron chi connectivity index (χ4n) is 3.00. The molecular weight excluding hydrogens is 334 g/mol. The highest BCUT2D eigenvalue weighted by Crippen LogP contribution is 2.22. The lowest BCUT2D eigenvalue weighted by molar-refractivity contribution is 0.407. The second kappa shape index (κ2) is 8.37. The van der Waals surface area contributed by atoms with Crippen LogP contribution in [0.2, 0.25) is 5.02 Å². The van der Waals surface area contributed by atoms with Gasteiger partial charge in [-0.15, -0.1) is 0 Å². The Kier molecular flexibility index (Phi) is 5.95. The number of aryl methyl sites for hydroxylation is 1. The lowest BCUT2D eigenvalue weighted by Gasteiger charge is -2.11. The summed E-state index contributed by atoms with van der Waals surface area (Å²) in [6.45, 7) is 4.60. The first-order valence-electron chi connectivity index (χ1n) is 8.70. The molecule has 1 heterocycles. The van der Waals surface area contributed by atoms with Gasteiger partial charge >= 0.3 is 0 Å². The number of imidazole rings is 1. The zero-order valence-corrected chi connectivity index (χ0v) is 15.5. The minimum atomic E-state index is 0.702. The van der Waals surface area contributed by atoms with E-state index in [0.717, 1.165) is 59.1 Å². The van der Waals surface area contributed by atoms with Crippen LogP contribution < -0.4 is 10.1 Å². The molecule has 0 unspecified atom stereocenters. The Hall–Kier alpha value is -2.04. The molecule has 0 aliphatic heterocycles. The van der Waals surface area contributed by atoms with E-state index in [2.05, 4.69) is 22.9 Å². The van der Waals surface area contributed by atoms with Gasteiger partial charge in [-0.3, -0.25) is 0 Å². The maximum atomic E-state index is 6.18. The van der Waals surface area contributed by atoms with Crippen LogP contribution in [0.25, 0.3) is 11.0 Å². The van der Waals surface area contributed by atoms with Gasteiger partial charge in [0.25, 0.3) is 0 Å². The second-order valence-corrected chi connectivity index (χ2v) is 6.52. The fourth-order valence-corrected chi connectivity index (χ4v) is 3.17. The quantitative estimate of drug-likeness (QED) is 0.630. The molecule has 0 radical (unpaired) electrons. The van der Waals surface area contributed by atoms with E-state index in [4.69, 9.17) is 21.3 Å². The van der Waals surface area contributed by atoms with Gasteiger partial charge in [0, 0.05) is 23.7 Å². The number of hydrogen-bond acceptors (Lipinski definition) is 3. The monoisotopic (exact) mass is 357 g/mol. The van der Waals surface area contributed by atoms with Crippen molar-refractivity contribution in [2.75, 3.05) is 7.11 Å². The number of hydrogen-bond donors (Lipinski definition) is 1. The third-order valence-electron chi connectivity index (χ3n) is 4.32. The summed E-state index contributed by atoms with van der Waals surface area (Å²) in [5.74, 6) is 1.95. The molecule has 0 bridgehead atoms. The Labute approximate surface area is 153 Å². The van der Waals surface area contributed by atoms with E-state index in [-0.39, 0.29) is 0 Å². The summed E-state index contributed by atoms with van der Waals surface area (Å²) in [4.78, 5) is 4.79. The number of methoxy groups -OCH3 is 1. The van der Waals surface area contributed by atoms with E-state index in [1.807, 2.05) is 36.4 Å². The Morgan fingerprint density at radius 1 is 1.16 bits per heavy atom. The van der Waals surface area contributed by atoms with E-state index in [0.29, 0.717) is 6.54 Å². The van der Waals surface area contributed by atoms with Crippen molar-refractivity contribution in [1.29, 1.82) is 0 Å². The van der Waals surface area contributed by atoms with E-state index in [1.54, 1.807) is 7.11 Å². The minimum absolute atomic E-state index is 0.702. The summed E-state index contributed by atoms with van der Waals surface area (Å²) in [6, 6.07) is 14.0. The van der Waals surface area contributed by atoms with Crippen molar-refractivity contribution in [2.24, 2.45) is 0 Å². The molecule has 0 saturated heterocycles. The zero-order valence-electron chi connectivity index (χ0n) is 14.8. The lowest BCUT2D eigenvalue weighted by Crippen LogP contribution is -2.17. The molecule has 3 rings (SSSR count). The van der Waals surface area contributed by atoms with Crippen molar-refractivity contribution in [1.82, 2.24) is 14.9 Å². The molecule has 5 heteroatoms. The molecule has 0 spiro atoms. The van der Waals surface area contributed by atoms with Gasteiger partial charge < -0.3 is 14.6 Å². The van der Waals surface area contributed by atoms with Crippen LogP contribution in [0.1, 0.15) is 31.2 Å². The maximum absolute atomic E-state index is 6.18. The van der Waals surface area contributed by atoms with Gasteiger partial charge in [0.15, 0.2) is 0 Å². The summed E-state index contributed by atoms with van der Waals surface area (Å²) in [6.07, 6.45) is 2.27. The Balaban J connectivity index is 1.78. The Morgan fingerprint density at radius 3 is 2.80 bits per heavy atom. The number of para-hydroxylation sites is 1. The van der Waals surface area contributed by atoms with E-state index in [1.165, 1.54) is 0 Å². The molecule has 3 aromatic rings. The number of benzene rings is 2. The molecule has 0 amide bonds. The third kappa shape index (κ3) is 4.14. The van der Waals surface area contributed by atoms with Gasteiger partial charge in [-0.1, -0.05) is 43.1 Å². The van der Waals surface area contributed by atoms with Crippen LogP contribution >= 0.6 is 11.6 Å². The van der Waals surface area contributed by atoms with Gasteiger partial charge in [-0.25, -0.2) is 4.98 Å². The third-order valence-corrected chi connectivity index (χ3v) is 4.55. The van der Waals surface area contributed by atoms with Crippen molar-refractivity contribution >= 4 is 22.6 Å². The smallest absolute Gasteiger partial charge is 0.123 e. The number of ether oxygens (including phenoxy) is 1. The van der Waals surface area contributed by atoms with Crippen molar-refractivity contribution in [2.45, 2.75) is 39.4 Å². The number of halogens is 1. The van der Waals surface area contributed by atoms with Crippen LogP contribution in [-0.2, 0) is 19.6 Å². The Morgan fingerprint density at radius 2 is 2.00 bits per heavy atom. The number of unbranched alkanes of at least 4 members (excludes halogenated alkanes) is 1. The van der Waals surface area contributed by atoms with Crippen LogP contribution in [0.3, 0.4) is 0 Å². The van der Waals surface area contributed by atoms with E-state index >= 15 is 0 Å². The largest absolute Gasteiger partial charge is 0.496 e. The van der Waals surface area contributed by atoms with Crippen LogP contribution in [-0.4, -0.2) is 16.7 Å². The molecular formula is C20H24ClN3O. The highest BCUT2D eigenvalue weighted by atomic mass is 35.5. The molecule has 0 atom stereocenters. The molecule has 132 valence electrons. The van der Waals surface area contributed by atoms with Gasteiger partial charge in [-0.2, -0.15) is 0 Å². The van der Waals surface area contributed by atoms with Gasteiger partial charge in [0.2, 0.25) is 0 Å². The van der Waals surface area contributed by atoms with Crippen LogP contribution in [0.4, 0.5) is 0 Å². The van der Waals surface area contributed by atoms with E-state index < -0.39 is 0 Å². The van der Waals surface area contributed by atoms with Crippen molar-refractivity contribution in [3.8, 4) is 5.75 Å². The molecule has 0 aliphatic rings. The molecule has 1 N–H and O–H groups in total. The molecule has 0 saturated carbocycles. The van der Waals surface area contributed by atoms with E-state index in [9.17, 15) is 0 Å². The molecule has 2 aromatic carbocycles. The first-order chi connectivity index (χ1) is 12.2. The standard InChI is InChI=1S/C20H24ClN3O/c1-3-4-11-24-18-12-16(21)9-10-17(18)23-20(24)14-22-13-15-7-5-6-8-19(15)25-2/h5-10,12,22H,3-4,11,13-14H2,1-2H3. The first kappa shape index (κ1) is 17.8. The lowest BCUT2D eigenvalue weighted by atomic mass is 10.2.